The first kappa shape index (κ1) is 17.4. The van der Waals surface area contributed by atoms with Crippen molar-refractivity contribution < 1.29 is 17.6 Å². The molecule has 0 aliphatic carbocycles. The second-order valence-electron chi connectivity index (χ2n) is 5.59. The molecule has 0 radical (unpaired) electrons. The van der Waals surface area contributed by atoms with Crippen molar-refractivity contribution in [1.29, 1.82) is 0 Å². The van der Waals surface area contributed by atoms with Gasteiger partial charge in [-0.2, -0.15) is 0 Å². The summed E-state index contributed by atoms with van der Waals surface area (Å²) in [4.78, 5) is 13.7. The average Bonchev–Trinajstić information content (AvgIpc) is 2.72. The molecule has 0 spiro atoms. The maximum absolute atomic E-state index is 13.2. The summed E-state index contributed by atoms with van der Waals surface area (Å²) in [6, 6.07) is 4.42. The Morgan fingerprint density at radius 1 is 1.50 bits per heavy atom. The number of carbonyl (C=O) groups is 1. The monoisotopic (exact) mass is 392 g/mol. The summed E-state index contributed by atoms with van der Waals surface area (Å²) < 4.78 is 36.2. The van der Waals surface area contributed by atoms with Gasteiger partial charge in [0.25, 0.3) is 0 Å². The molecule has 1 aromatic carbocycles. The zero-order chi connectivity index (χ0) is 16.3. The van der Waals surface area contributed by atoms with Gasteiger partial charge in [0.2, 0.25) is 5.91 Å². The lowest BCUT2D eigenvalue weighted by Crippen LogP contribution is -2.41. The Bertz CT molecular complexity index is 666. The van der Waals surface area contributed by atoms with Gasteiger partial charge in [-0.05, 0) is 47.1 Å². The van der Waals surface area contributed by atoms with E-state index in [-0.39, 0.29) is 35.8 Å². The van der Waals surface area contributed by atoms with Crippen LogP contribution in [0.25, 0.3) is 0 Å². The third kappa shape index (κ3) is 5.03. The molecule has 1 N–H and O–H groups in total. The molecule has 1 aliphatic heterocycles. The summed E-state index contributed by atoms with van der Waals surface area (Å²) >= 11 is 3.13. The minimum Gasteiger partial charge on any atom is -0.351 e. The SMILES string of the molecule is CN(CC(=O)NC1CCS(=O)(=O)C1)Cc1ccc(F)c(Br)c1. The molecule has 0 saturated carbocycles. The average molecular weight is 393 g/mol. The third-order valence-corrected chi connectivity index (χ3v) is 5.82. The molecule has 1 saturated heterocycles. The largest absolute Gasteiger partial charge is 0.351 e. The molecule has 0 bridgehead atoms. The number of likely N-dealkylation sites (N-methyl/N-ethyl adjacent to an activating group) is 1. The topological polar surface area (TPSA) is 66.5 Å². The molecule has 1 aromatic rings. The van der Waals surface area contributed by atoms with Crippen LogP contribution in [0.4, 0.5) is 4.39 Å². The highest BCUT2D eigenvalue weighted by atomic mass is 79.9. The molecule has 1 unspecified atom stereocenters. The van der Waals surface area contributed by atoms with Crippen molar-refractivity contribution in [3.05, 3.63) is 34.1 Å². The van der Waals surface area contributed by atoms with Crippen molar-refractivity contribution in [1.82, 2.24) is 10.2 Å². The molecule has 8 heteroatoms. The highest BCUT2D eigenvalue weighted by molar-refractivity contribution is 9.10. The van der Waals surface area contributed by atoms with Gasteiger partial charge in [0, 0.05) is 12.6 Å². The van der Waals surface area contributed by atoms with E-state index >= 15 is 0 Å². The van der Waals surface area contributed by atoms with E-state index in [9.17, 15) is 17.6 Å². The Morgan fingerprint density at radius 3 is 2.82 bits per heavy atom. The van der Waals surface area contributed by atoms with Gasteiger partial charge < -0.3 is 5.32 Å². The first-order chi connectivity index (χ1) is 10.2. The quantitative estimate of drug-likeness (QED) is 0.820. The van der Waals surface area contributed by atoms with Gasteiger partial charge in [-0.3, -0.25) is 9.69 Å². The van der Waals surface area contributed by atoms with E-state index < -0.39 is 9.84 Å². The zero-order valence-electron chi connectivity index (χ0n) is 12.2. The van der Waals surface area contributed by atoms with Crippen molar-refractivity contribution in [2.75, 3.05) is 25.1 Å². The molecule has 2 rings (SSSR count). The zero-order valence-corrected chi connectivity index (χ0v) is 14.6. The van der Waals surface area contributed by atoms with E-state index in [1.54, 1.807) is 24.1 Å². The molecule has 122 valence electrons. The Hall–Kier alpha value is -0.990. The van der Waals surface area contributed by atoms with Gasteiger partial charge in [-0.25, -0.2) is 12.8 Å². The van der Waals surface area contributed by atoms with Crippen LogP contribution >= 0.6 is 15.9 Å². The number of sulfone groups is 1. The van der Waals surface area contributed by atoms with Crippen molar-refractivity contribution in [3.63, 3.8) is 0 Å². The molecule has 1 atom stereocenters. The van der Waals surface area contributed by atoms with E-state index in [4.69, 9.17) is 0 Å². The minimum absolute atomic E-state index is 0.0212. The third-order valence-electron chi connectivity index (χ3n) is 3.45. The van der Waals surface area contributed by atoms with E-state index in [2.05, 4.69) is 21.2 Å². The Morgan fingerprint density at radius 2 is 2.23 bits per heavy atom. The number of carbonyl (C=O) groups excluding carboxylic acids is 1. The highest BCUT2D eigenvalue weighted by Gasteiger charge is 2.28. The fourth-order valence-electron chi connectivity index (χ4n) is 2.43. The lowest BCUT2D eigenvalue weighted by atomic mass is 10.2. The van der Waals surface area contributed by atoms with E-state index in [0.717, 1.165) is 5.56 Å². The van der Waals surface area contributed by atoms with Crippen LogP contribution in [-0.2, 0) is 21.2 Å². The Labute approximate surface area is 137 Å². The number of amides is 1. The smallest absolute Gasteiger partial charge is 0.234 e. The molecule has 1 amide bonds. The number of hydrogen-bond donors (Lipinski definition) is 1. The van der Waals surface area contributed by atoms with Crippen molar-refractivity contribution in [2.24, 2.45) is 0 Å². The lowest BCUT2D eigenvalue weighted by Gasteiger charge is -2.18. The molecule has 0 aromatic heterocycles. The van der Waals surface area contributed by atoms with E-state index in [1.165, 1.54) is 6.07 Å². The van der Waals surface area contributed by atoms with Crippen LogP contribution in [0, 0.1) is 5.82 Å². The summed E-state index contributed by atoms with van der Waals surface area (Å²) in [7, 11) is -1.22. The van der Waals surface area contributed by atoms with Crippen molar-refractivity contribution in [3.8, 4) is 0 Å². The molecule has 1 heterocycles. The first-order valence-corrected chi connectivity index (χ1v) is 9.49. The van der Waals surface area contributed by atoms with Crippen molar-refractivity contribution in [2.45, 2.75) is 19.0 Å². The predicted molar refractivity (Wildman–Crippen MR) is 85.6 cm³/mol. The van der Waals surface area contributed by atoms with Crippen LogP contribution in [-0.4, -0.2) is 50.4 Å². The molecule has 5 nitrogen and oxygen atoms in total. The van der Waals surface area contributed by atoms with E-state index in [1.807, 2.05) is 0 Å². The molecular weight excluding hydrogens is 375 g/mol. The fraction of sp³-hybridized carbons (Fsp3) is 0.500. The fourth-order valence-corrected chi connectivity index (χ4v) is 4.53. The summed E-state index contributed by atoms with van der Waals surface area (Å²) in [5, 5.41) is 2.74. The van der Waals surface area contributed by atoms with Crippen LogP contribution in [0.5, 0.6) is 0 Å². The van der Waals surface area contributed by atoms with Gasteiger partial charge in [-0.1, -0.05) is 6.07 Å². The second-order valence-corrected chi connectivity index (χ2v) is 8.67. The number of rotatable bonds is 5. The molecule has 1 fully saturated rings. The number of nitrogens with zero attached hydrogens (tertiary/aromatic N) is 1. The van der Waals surface area contributed by atoms with E-state index in [0.29, 0.717) is 17.4 Å². The van der Waals surface area contributed by atoms with Crippen LogP contribution in [0.1, 0.15) is 12.0 Å². The van der Waals surface area contributed by atoms with Gasteiger partial charge in [0.15, 0.2) is 9.84 Å². The number of halogens is 2. The standard InChI is InChI=1S/C14H18BrFN2O3S/c1-18(7-10-2-3-13(16)12(15)6-10)8-14(19)17-11-4-5-22(20,21)9-11/h2-3,6,11H,4-5,7-9H2,1H3,(H,17,19). The van der Waals surface area contributed by atoms with Crippen LogP contribution in [0.15, 0.2) is 22.7 Å². The molecule has 22 heavy (non-hydrogen) atoms. The highest BCUT2D eigenvalue weighted by Crippen LogP contribution is 2.17. The second kappa shape index (κ2) is 7.06. The molecule has 1 aliphatic rings. The van der Waals surface area contributed by atoms with Gasteiger partial charge in [0.1, 0.15) is 5.82 Å². The first-order valence-electron chi connectivity index (χ1n) is 6.87. The van der Waals surface area contributed by atoms with Gasteiger partial charge in [-0.15, -0.1) is 0 Å². The lowest BCUT2D eigenvalue weighted by molar-refractivity contribution is -0.122. The predicted octanol–water partition coefficient (Wildman–Crippen LogP) is 1.32. The molecular formula is C14H18BrFN2O3S. The maximum Gasteiger partial charge on any atom is 0.234 e. The van der Waals surface area contributed by atoms with Crippen molar-refractivity contribution >= 4 is 31.7 Å². The van der Waals surface area contributed by atoms with Gasteiger partial charge >= 0.3 is 0 Å². The minimum atomic E-state index is -3.00. The Kier molecular flexibility index (Phi) is 5.57. The normalized spacial score (nSPS) is 20.3. The number of nitrogens with one attached hydrogen (secondary N) is 1. The summed E-state index contributed by atoms with van der Waals surface area (Å²) in [6.45, 7) is 0.654. The number of hydrogen-bond acceptors (Lipinski definition) is 4. The number of benzene rings is 1. The van der Waals surface area contributed by atoms with Crippen LogP contribution < -0.4 is 5.32 Å². The summed E-state index contributed by atoms with van der Waals surface area (Å²) in [6.07, 6.45) is 0.475. The maximum atomic E-state index is 13.2. The Balaban J connectivity index is 1.82. The van der Waals surface area contributed by atoms with Gasteiger partial charge in [0.05, 0.1) is 22.5 Å². The van der Waals surface area contributed by atoms with Crippen LogP contribution in [0.2, 0.25) is 0 Å². The van der Waals surface area contributed by atoms with Crippen LogP contribution in [0.3, 0.4) is 0 Å². The summed E-state index contributed by atoms with van der Waals surface area (Å²) in [5.74, 6) is -0.373. The summed E-state index contributed by atoms with van der Waals surface area (Å²) in [5.41, 5.74) is 0.881.